The van der Waals surface area contributed by atoms with E-state index in [2.05, 4.69) is 10.6 Å². The van der Waals surface area contributed by atoms with Gasteiger partial charge in [-0.15, -0.1) is 0 Å². The number of benzene rings is 1. The zero-order valence-corrected chi connectivity index (χ0v) is 18.6. The lowest BCUT2D eigenvalue weighted by Gasteiger charge is -2.43. The van der Waals surface area contributed by atoms with Gasteiger partial charge >= 0.3 is 5.97 Å². The normalized spacial score (nSPS) is 21.2. The summed E-state index contributed by atoms with van der Waals surface area (Å²) in [5.74, 6) is -3.25. The molecule has 2 aliphatic heterocycles. The second-order valence-electron chi connectivity index (χ2n) is 8.35. The number of hydrogen-bond donors (Lipinski definition) is 3. The highest BCUT2D eigenvalue weighted by Crippen LogP contribution is 2.25. The number of nitrogens with one attached hydrogen (secondary N) is 2. The topological polar surface area (TPSA) is 153 Å². The molecular weight excluding hydrogens is 444 g/mol. The maximum atomic E-state index is 13.4. The predicted octanol–water partition coefficient (Wildman–Crippen LogP) is -0.209. The van der Waals surface area contributed by atoms with Gasteiger partial charge in [0, 0.05) is 19.4 Å². The number of carboxylic acid groups (broad SMARTS) is 1. The molecule has 0 unspecified atom stereocenters. The van der Waals surface area contributed by atoms with Gasteiger partial charge in [-0.05, 0) is 31.2 Å². The van der Waals surface area contributed by atoms with Crippen LogP contribution in [0.1, 0.15) is 44.1 Å². The Kier molecular flexibility index (Phi) is 8.34. The quantitative estimate of drug-likeness (QED) is 0.420. The third kappa shape index (κ3) is 6.18. The molecule has 0 aromatic heterocycles. The van der Waals surface area contributed by atoms with Crippen molar-refractivity contribution in [2.75, 3.05) is 6.54 Å². The van der Waals surface area contributed by atoms with Crippen LogP contribution in [0.2, 0.25) is 0 Å². The van der Waals surface area contributed by atoms with E-state index in [-0.39, 0.29) is 44.0 Å². The molecule has 2 heterocycles. The van der Waals surface area contributed by atoms with E-state index in [4.69, 9.17) is 5.11 Å². The number of amides is 4. The van der Waals surface area contributed by atoms with Gasteiger partial charge in [0.25, 0.3) is 5.91 Å². The predicted molar refractivity (Wildman–Crippen MR) is 118 cm³/mol. The fourth-order valence-corrected chi connectivity index (χ4v) is 4.18. The first-order valence-corrected chi connectivity index (χ1v) is 11.2. The standard InChI is InChI=1S/C23H28N4O7/c28-14-16(13-21(31)32)24-22(33)18-7-4-12-26-20(30)11-9-17(23(34)27(18)26)25-19(29)10-8-15-5-2-1-3-6-15/h1-3,5-6,14,16-18H,4,7-13H2,(H,24,33)(H,25,29)(H,31,32)/t16-,17-,18-/m0/s1. The van der Waals surface area contributed by atoms with Crippen LogP contribution in [-0.4, -0.2) is 75.7 Å². The third-order valence-electron chi connectivity index (χ3n) is 5.87. The highest BCUT2D eigenvalue weighted by atomic mass is 16.4. The minimum absolute atomic E-state index is 0.0240. The fraction of sp³-hybridized carbons (Fsp3) is 0.478. The van der Waals surface area contributed by atoms with Gasteiger partial charge in [0.15, 0.2) is 0 Å². The van der Waals surface area contributed by atoms with Gasteiger partial charge in [0.2, 0.25) is 17.7 Å². The Bertz CT molecular complexity index is 952. The average Bonchev–Trinajstić information content (AvgIpc) is 2.94. The molecule has 0 radical (unpaired) electrons. The molecule has 182 valence electrons. The molecule has 0 aliphatic carbocycles. The zero-order chi connectivity index (χ0) is 24.7. The minimum Gasteiger partial charge on any atom is -0.481 e. The molecule has 1 aromatic carbocycles. The SMILES string of the molecule is O=C[C@H](CC(=O)O)NC(=O)[C@@H]1CCCN2C(=O)CC[C@H](NC(=O)CCc3ccccc3)C(=O)N12. The summed E-state index contributed by atoms with van der Waals surface area (Å²) in [6.45, 7) is 0.245. The molecule has 2 saturated heterocycles. The van der Waals surface area contributed by atoms with Crippen LogP contribution < -0.4 is 10.6 Å². The molecule has 4 amide bonds. The van der Waals surface area contributed by atoms with Crippen LogP contribution in [0.4, 0.5) is 0 Å². The van der Waals surface area contributed by atoms with E-state index in [0.29, 0.717) is 19.1 Å². The van der Waals surface area contributed by atoms with Crippen molar-refractivity contribution in [1.29, 1.82) is 0 Å². The number of carbonyl (C=O) groups is 6. The van der Waals surface area contributed by atoms with E-state index in [9.17, 15) is 28.8 Å². The highest BCUT2D eigenvalue weighted by molar-refractivity contribution is 5.96. The lowest BCUT2D eigenvalue weighted by molar-refractivity contribution is -0.176. The maximum Gasteiger partial charge on any atom is 0.305 e. The average molecular weight is 472 g/mol. The summed E-state index contributed by atoms with van der Waals surface area (Å²) >= 11 is 0. The molecule has 3 atom stereocenters. The molecule has 3 rings (SSSR count). The first kappa shape index (κ1) is 24.9. The summed E-state index contributed by atoms with van der Waals surface area (Å²) < 4.78 is 0. The molecule has 0 saturated carbocycles. The molecule has 3 N–H and O–H groups in total. The number of fused-ring (bicyclic) bond motifs is 1. The number of nitrogens with zero attached hydrogens (tertiary/aromatic N) is 2. The van der Waals surface area contributed by atoms with Crippen LogP contribution in [0.5, 0.6) is 0 Å². The molecule has 2 fully saturated rings. The first-order valence-electron chi connectivity index (χ1n) is 11.2. The van der Waals surface area contributed by atoms with Crippen molar-refractivity contribution in [2.45, 2.75) is 63.1 Å². The zero-order valence-electron chi connectivity index (χ0n) is 18.6. The number of hydrazine groups is 1. The Morgan fingerprint density at radius 1 is 1.15 bits per heavy atom. The second-order valence-corrected chi connectivity index (χ2v) is 8.35. The Hall–Kier alpha value is -3.76. The van der Waals surface area contributed by atoms with Crippen molar-refractivity contribution in [1.82, 2.24) is 20.7 Å². The van der Waals surface area contributed by atoms with Gasteiger partial charge < -0.3 is 20.5 Å². The summed E-state index contributed by atoms with van der Waals surface area (Å²) in [6.07, 6.45) is 1.18. The summed E-state index contributed by atoms with van der Waals surface area (Å²) in [5.41, 5.74) is 0.977. The summed E-state index contributed by atoms with van der Waals surface area (Å²) in [5, 5.41) is 16.2. The van der Waals surface area contributed by atoms with Crippen LogP contribution >= 0.6 is 0 Å². The van der Waals surface area contributed by atoms with Gasteiger partial charge in [-0.2, -0.15) is 0 Å². The number of carbonyl (C=O) groups excluding carboxylic acids is 5. The number of rotatable bonds is 9. The Morgan fingerprint density at radius 2 is 1.88 bits per heavy atom. The smallest absolute Gasteiger partial charge is 0.305 e. The first-order chi connectivity index (χ1) is 16.3. The van der Waals surface area contributed by atoms with E-state index in [0.717, 1.165) is 10.6 Å². The number of aldehydes is 1. The van der Waals surface area contributed by atoms with Crippen molar-refractivity contribution < 1.29 is 33.9 Å². The lowest BCUT2D eigenvalue weighted by atomic mass is 10.0. The molecule has 0 bridgehead atoms. The molecule has 0 spiro atoms. The number of aryl methyl sites for hydroxylation is 1. The highest BCUT2D eigenvalue weighted by Gasteiger charge is 2.44. The Labute approximate surface area is 196 Å². The van der Waals surface area contributed by atoms with E-state index in [1.54, 1.807) is 0 Å². The van der Waals surface area contributed by atoms with Crippen LogP contribution in [0.3, 0.4) is 0 Å². The van der Waals surface area contributed by atoms with Gasteiger partial charge in [-0.25, -0.2) is 5.01 Å². The third-order valence-corrected chi connectivity index (χ3v) is 5.87. The summed E-state index contributed by atoms with van der Waals surface area (Å²) in [7, 11) is 0. The van der Waals surface area contributed by atoms with Crippen molar-refractivity contribution in [3.8, 4) is 0 Å². The summed E-state index contributed by atoms with van der Waals surface area (Å²) in [4.78, 5) is 73.5. The van der Waals surface area contributed by atoms with Gasteiger partial charge in [0.05, 0.1) is 12.5 Å². The minimum atomic E-state index is -1.26. The summed E-state index contributed by atoms with van der Waals surface area (Å²) in [6, 6.07) is 6.08. The van der Waals surface area contributed by atoms with Crippen molar-refractivity contribution in [2.24, 2.45) is 0 Å². The molecule has 11 heteroatoms. The molecule has 2 aliphatic rings. The van der Waals surface area contributed by atoms with E-state index >= 15 is 0 Å². The van der Waals surface area contributed by atoms with Gasteiger partial charge in [-0.3, -0.25) is 29.0 Å². The van der Waals surface area contributed by atoms with E-state index in [1.165, 1.54) is 5.01 Å². The molecular formula is C23H28N4O7. The number of aliphatic carboxylic acids is 1. The van der Waals surface area contributed by atoms with Crippen LogP contribution in [0.15, 0.2) is 30.3 Å². The van der Waals surface area contributed by atoms with Crippen LogP contribution in [-0.2, 0) is 35.2 Å². The Morgan fingerprint density at radius 3 is 2.56 bits per heavy atom. The second kappa shape index (κ2) is 11.4. The number of hydrogen-bond acceptors (Lipinski definition) is 6. The van der Waals surface area contributed by atoms with E-state index < -0.39 is 42.3 Å². The van der Waals surface area contributed by atoms with Gasteiger partial charge in [0.1, 0.15) is 18.4 Å². The lowest BCUT2D eigenvalue weighted by Crippen LogP contribution is -2.64. The van der Waals surface area contributed by atoms with Crippen LogP contribution in [0, 0.1) is 0 Å². The largest absolute Gasteiger partial charge is 0.481 e. The fourth-order valence-electron chi connectivity index (χ4n) is 4.18. The molecule has 11 nitrogen and oxygen atoms in total. The van der Waals surface area contributed by atoms with Crippen LogP contribution in [0.25, 0.3) is 0 Å². The van der Waals surface area contributed by atoms with Crippen molar-refractivity contribution >= 4 is 35.9 Å². The van der Waals surface area contributed by atoms with Crippen molar-refractivity contribution in [3.63, 3.8) is 0 Å². The molecule has 34 heavy (non-hydrogen) atoms. The Balaban J connectivity index is 1.71. The van der Waals surface area contributed by atoms with Gasteiger partial charge in [-0.1, -0.05) is 30.3 Å². The number of carboxylic acids is 1. The van der Waals surface area contributed by atoms with E-state index in [1.807, 2.05) is 30.3 Å². The molecule has 1 aromatic rings. The van der Waals surface area contributed by atoms with Crippen molar-refractivity contribution in [3.05, 3.63) is 35.9 Å². The maximum absolute atomic E-state index is 13.4. The monoisotopic (exact) mass is 472 g/mol.